The van der Waals surface area contributed by atoms with Crippen LogP contribution in [-0.4, -0.2) is 18.0 Å². The standard InChI is InChI=1S/C13H10ClFN2O2/c1-19-10-4-2-3-9(15)12(10)13(18)17-8-5-6-16-11(14)7-8/h2-7H,1H3,(H,16,17,18). The third kappa shape index (κ3) is 3.00. The minimum atomic E-state index is -0.656. The molecule has 4 nitrogen and oxygen atoms in total. The molecule has 1 heterocycles. The zero-order chi connectivity index (χ0) is 13.8. The van der Waals surface area contributed by atoms with Crippen LogP contribution in [0, 0.1) is 5.82 Å². The van der Waals surface area contributed by atoms with E-state index in [0.29, 0.717) is 5.69 Å². The Bertz CT molecular complexity index is 619. The summed E-state index contributed by atoms with van der Waals surface area (Å²) in [5.41, 5.74) is 0.272. The SMILES string of the molecule is COc1cccc(F)c1C(=O)Nc1ccnc(Cl)c1. The van der Waals surface area contributed by atoms with Gasteiger partial charge in [-0.1, -0.05) is 17.7 Å². The molecule has 98 valence electrons. The van der Waals surface area contributed by atoms with Crippen molar-refractivity contribution in [3.05, 3.63) is 53.1 Å². The average Bonchev–Trinajstić information content (AvgIpc) is 2.38. The van der Waals surface area contributed by atoms with E-state index in [1.54, 1.807) is 6.07 Å². The number of hydrogen-bond acceptors (Lipinski definition) is 3. The van der Waals surface area contributed by atoms with Crippen molar-refractivity contribution in [1.82, 2.24) is 4.98 Å². The van der Waals surface area contributed by atoms with Gasteiger partial charge in [0.2, 0.25) is 0 Å². The maximum atomic E-state index is 13.7. The molecule has 1 amide bonds. The second kappa shape index (κ2) is 5.67. The Kier molecular flexibility index (Phi) is 3.97. The van der Waals surface area contributed by atoms with E-state index in [1.807, 2.05) is 0 Å². The normalized spacial score (nSPS) is 10.1. The Morgan fingerprint density at radius 3 is 2.89 bits per heavy atom. The molecule has 0 unspecified atom stereocenters. The summed E-state index contributed by atoms with van der Waals surface area (Å²) in [6.07, 6.45) is 1.44. The van der Waals surface area contributed by atoms with Crippen molar-refractivity contribution in [3.63, 3.8) is 0 Å². The minimum Gasteiger partial charge on any atom is -0.496 e. The van der Waals surface area contributed by atoms with Crippen LogP contribution < -0.4 is 10.1 Å². The number of nitrogens with one attached hydrogen (secondary N) is 1. The van der Waals surface area contributed by atoms with Crippen LogP contribution in [0.3, 0.4) is 0 Å². The molecule has 0 saturated heterocycles. The summed E-state index contributed by atoms with van der Waals surface area (Å²) >= 11 is 5.70. The maximum Gasteiger partial charge on any atom is 0.262 e. The van der Waals surface area contributed by atoms with Crippen molar-refractivity contribution in [2.24, 2.45) is 0 Å². The molecule has 6 heteroatoms. The van der Waals surface area contributed by atoms with Gasteiger partial charge in [0.1, 0.15) is 22.3 Å². The van der Waals surface area contributed by atoms with Crippen LogP contribution in [-0.2, 0) is 0 Å². The van der Waals surface area contributed by atoms with E-state index in [4.69, 9.17) is 16.3 Å². The Balaban J connectivity index is 2.30. The van der Waals surface area contributed by atoms with Crippen LogP contribution in [0.25, 0.3) is 0 Å². The number of ether oxygens (including phenoxy) is 1. The highest BCUT2D eigenvalue weighted by Gasteiger charge is 2.17. The van der Waals surface area contributed by atoms with Gasteiger partial charge in [-0.05, 0) is 24.3 Å². The van der Waals surface area contributed by atoms with E-state index in [-0.39, 0.29) is 16.5 Å². The third-order valence-electron chi connectivity index (χ3n) is 2.41. The van der Waals surface area contributed by atoms with E-state index < -0.39 is 11.7 Å². The van der Waals surface area contributed by atoms with Crippen molar-refractivity contribution in [3.8, 4) is 5.75 Å². The lowest BCUT2D eigenvalue weighted by Gasteiger charge is -2.10. The summed E-state index contributed by atoms with van der Waals surface area (Å²) in [5, 5.41) is 2.77. The molecule has 1 aromatic heterocycles. The van der Waals surface area contributed by atoms with Gasteiger partial charge in [-0.3, -0.25) is 4.79 Å². The number of methoxy groups -OCH3 is 1. The third-order valence-corrected chi connectivity index (χ3v) is 2.61. The highest BCUT2D eigenvalue weighted by Crippen LogP contribution is 2.22. The zero-order valence-corrected chi connectivity index (χ0v) is 10.7. The van der Waals surface area contributed by atoms with Crippen LogP contribution >= 0.6 is 11.6 Å². The van der Waals surface area contributed by atoms with Crippen LogP contribution in [0.4, 0.5) is 10.1 Å². The lowest BCUT2D eigenvalue weighted by Crippen LogP contribution is -2.15. The molecule has 2 rings (SSSR count). The van der Waals surface area contributed by atoms with Crippen molar-refractivity contribution in [2.45, 2.75) is 0 Å². The summed E-state index contributed by atoms with van der Waals surface area (Å²) in [6.45, 7) is 0. The first-order valence-electron chi connectivity index (χ1n) is 5.37. The minimum absolute atomic E-state index is 0.155. The number of anilines is 1. The van der Waals surface area contributed by atoms with Crippen LogP contribution in [0.5, 0.6) is 5.75 Å². The van der Waals surface area contributed by atoms with Gasteiger partial charge in [0.05, 0.1) is 7.11 Å². The first kappa shape index (κ1) is 13.3. The monoisotopic (exact) mass is 280 g/mol. The van der Waals surface area contributed by atoms with Gasteiger partial charge >= 0.3 is 0 Å². The molecule has 0 aliphatic carbocycles. The number of aromatic nitrogens is 1. The summed E-state index contributed by atoms with van der Waals surface area (Å²) < 4.78 is 18.7. The van der Waals surface area contributed by atoms with Gasteiger partial charge in [-0.2, -0.15) is 0 Å². The molecule has 0 radical (unpaired) electrons. The quantitative estimate of drug-likeness (QED) is 0.879. The number of carbonyl (C=O) groups is 1. The van der Waals surface area contributed by atoms with E-state index in [9.17, 15) is 9.18 Å². The lowest BCUT2D eigenvalue weighted by molar-refractivity contribution is 0.102. The van der Waals surface area contributed by atoms with Crippen molar-refractivity contribution in [2.75, 3.05) is 12.4 Å². The molecule has 0 spiro atoms. The fourth-order valence-electron chi connectivity index (χ4n) is 1.57. The number of nitrogens with zero attached hydrogens (tertiary/aromatic N) is 1. The van der Waals surface area contributed by atoms with Gasteiger partial charge < -0.3 is 10.1 Å². The molecular weight excluding hydrogens is 271 g/mol. The molecule has 0 saturated carbocycles. The molecule has 19 heavy (non-hydrogen) atoms. The van der Waals surface area contributed by atoms with Gasteiger partial charge in [0.25, 0.3) is 5.91 Å². The number of halogens is 2. The van der Waals surface area contributed by atoms with Crippen LogP contribution in [0.2, 0.25) is 5.15 Å². The average molecular weight is 281 g/mol. The topological polar surface area (TPSA) is 51.2 Å². The summed E-state index contributed by atoms with van der Waals surface area (Å²) in [5.74, 6) is -1.10. The Hall–Kier alpha value is -2.14. The van der Waals surface area contributed by atoms with Gasteiger partial charge in [0, 0.05) is 11.9 Å². The predicted octanol–water partition coefficient (Wildman–Crippen LogP) is 3.14. The number of rotatable bonds is 3. The van der Waals surface area contributed by atoms with Crippen LogP contribution in [0.1, 0.15) is 10.4 Å². The molecule has 1 N–H and O–H groups in total. The Morgan fingerprint density at radius 1 is 1.42 bits per heavy atom. The van der Waals surface area contributed by atoms with Gasteiger partial charge in [-0.15, -0.1) is 0 Å². The maximum absolute atomic E-state index is 13.7. The molecule has 1 aromatic carbocycles. The predicted molar refractivity (Wildman–Crippen MR) is 70.2 cm³/mol. The number of hydrogen-bond donors (Lipinski definition) is 1. The summed E-state index contributed by atoms with van der Waals surface area (Å²) in [7, 11) is 1.37. The van der Waals surface area contributed by atoms with Crippen LogP contribution in [0.15, 0.2) is 36.5 Å². The second-order valence-corrected chi connectivity index (χ2v) is 4.03. The second-order valence-electron chi connectivity index (χ2n) is 3.64. The van der Waals surface area contributed by atoms with Crippen molar-refractivity contribution in [1.29, 1.82) is 0 Å². The molecule has 0 fully saturated rings. The van der Waals surface area contributed by atoms with E-state index in [2.05, 4.69) is 10.3 Å². The molecule has 0 aliphatic heterocycles. The number of benzene rings is 1. The lowest BCUT2D eigenvalue weighted by atomic mass is 10.1. The molecular formula is C13H10ClFN2O2. The number of pyridine rings is 1. The molecule has 0 atom stereocenters. The first-order valence-corrected chi connectivity index (χ1v) is 5.75. The van der Waals surface area contributed by atoms with Crippen molar-refractivity contribution >= 4 is 23.2 Å². The smallest absolute Gasteiger partial charge is 0.262 e. The van der Waals surface area contributed by atoms with E-state index in [1.165, 1.54) is 37.6 Å². The Morgan fingerprint density at radius 2 is 2.21 bits per heavy atom. The van der Waals surface area contributed by atoms with E-state index >= 15 is 0 Å². The fourth-order valence-corrected chi connectivity index (χ4v) is 1.74. The molecule has 2 aromatic rings. The Labute approximate surface area is 114 Å². The van der Waals surface area contributed by atoms with Crippen molar-refractivity contribution < 1.29 is 13.9 Å². The highest BCUT2D eigenvalue weighted by molar-refractivity contribution is 6.29. The number of carbonyl (C=O) groups excluding carboxylic acids is 1. The largest absolute Gasteiger partial charge is 0.496 e. The molecule has 0 aliphatic rings. The summed E-state index contributed by atoms with van der Waals surface area (Å²) in [4.78, 5) is 15.8. The first-order chi connectivity index (χ1) is 9.11. The number of amides is 1. The van der Waals surface area contributed by atoms with Gasteiger partial charge in [-0.25, -0.2) is 9.37 Å². The fraction of sp³-hybridized carbons (Fsp3) is 0.0769. The zero-order valence-electron chi connectivity index (χ0n) is 9.98. The van der Waals surface area contributed by atoms with E-state index in [0.717, 1.165) is 0 Å². The molecule has 0 bridgehead atoms. The van der Waals surface area contributed by atoms with Gasteiger partial charge in [0.15, 0.2) is 0 Å². The summed E-state index contributed by atoms with van der Waals surface area (Å²) in [6, 6.07) is 7.19. The highest BCUT2D eigenvalue weighted by atomic mass is 35.5.